The third-order valence-corrected chi connectivity index (χ3v) is 5.02. The second-order valence-electron chi connectivity index (χ2n) is 4.39. The SMILES string of the molecule is O=S(=O)(NC1CCCCC1O)c1cnccc1Cl. The molecule has 1 aromatic heterocycles. The minimum Gasteiger partial charge on any atom is -0.391 e. The van der Waals surface area contributed by atoms with Gasteiger partial charge in [-0.25, -0.2) is 13.1 Å². The number of nitrogens with one attached hydrogen (secondary N) is 1. The van der Waals surface area contributed by atoms with Crippen molar-refractivity contribution in [2.24, 2.45) is 0 Å². The number of nitrogens with zero attached hydrogens (tertiary/aromatic N) is 1. The lowest BCUT2D eigenvalue weighted by Gasteiger charge is -2.28. The van der Waals surface area contributed by atoms with Crippen LogP contribution in [-0.4, -0.2) is 30.7 Å². The lowest BCUT2D eigenvalue weighted by molar-refractivity contribution is 0.101. The molecule has 2 unspecified atom stereocenters. The Balaban J connectivity index is 2.19. The molecule has 0 bridgehead atoms. The number of hydrogen-bond donors (Lipinski definition) is 2. The predicted octanol–water partition coefficient (Wildman–Crippen LogP) is 1.32. The van der Waals surface area contributed by atoms with Gasteiger partial charge in [-0.2, -0.15) is 0 Å². The molecule has 1 aromatic rings. The van der Waals surface area contributed by atoms with Crippen molar-refractivity contribution in [2.45, 2.75) is 42.7 Å². The number of aliphatic hydroxyl groups excluding tert-OH is 1. The summed E-state index contributed by atoms with van der Waals surface area (Å²) in [5, 5.41) is 9.90. The van der Waals surface area contributed by atoms with Gasteiger partial charge in [-0.05, 0) is 18.9 Å². The topological polar surface area (TPSA) is 79.3 Å². The van der Waals surface area contributed by atoms with Crippen LogP contribution >= 0.6 is 11.6 Å². The van der Waals surface area contributed by atoms with E-state index in [0.29, 0.717) is 12.8 Å². The average molecular weight is 291 g/mol. The van der Waals surface area contributed by atoms with Gasteiger partial charge < -0.3 is 5.11 Å². The molecule has 0 aliphatic heterocycles. The van der Waals surface area contributed by atoms with Crippen LogP contribution < -0.4 is 4.72 Å². The minimum atomic E-state index is -3.73. The van der Waals surface area contributed by atoms with Crippen molar-refractivity contribution in [3.8, 4) is 0 Å². The van der Waals surface area contributed by atoms with E-state index < -0.39 is 22.2 Å². The highest BCUT2D eigenvalue weighted by Crippen LogP contribution is 2.23. The Morgan fingerprint density at radius 2 is 2.11 bits per heavy atom. The highest BCUT2D eigenvalue weighted by atomic mass is 35.5. The molecular weight excluding hydrogens is 276 g/mol. The first-order valence-electron chi connectivity index (χ1n) is 5.80. The molecule has 0 aromatic carbocycles. The Kier molecular flexibility index (Phi) is 4.21. The smallest absolute Gasteiger partial charge is 0.243 e. The highest BCUT2D eigenvalue weighted by Gasteiger charge is 2.29. The van der Waals surface area contributed by atoms with Crippen molar-refractivity contribution >= 4 is 21.6 Å². The molecule has 2 rings (SSSR count). The third kappa shape index (κ3) is 3.00. The van der Waals surface area contributed by atoms with Crippen molar-refractivity contribution in [2.75, 3.05) is 0 Å². The molecule has 1 heterocycles. The molecule has 1 saturated carbocycles. The van der Waals surface area contributed by atoms with Crippen molar-refractivity contribution < 1.29 is 13.5 Å². The fourth-order valence-electron chi connectivity index (χ4n) is 2.07. The molecular formula is C11H15ClN2O3S. The molecule has 0 spiro atoms. The Bertz CT molecular complexity index is 521. The van der Waals surface area contributed by atoms with Crippen molar-refractivity contribution in [1.29, 1.82) is 0 Å². The molecule has 18 heavy (non-hydrogen) atoms. The molecule has 2 atom stereocenters. The fraction of sp³-hybridized carbons (Fsp3) is 0.545. The van der Waals surface area contributed by atoms with Crippen LogP contribution in [0.2, 0.25) is 5.02 Å². The maximum atomic E-state index is 12.1. The summed E-state index contributed by atoms with van der Waals surface area (Å²) in [5.41, 5.74) is 0. The van der Waals surface area contributed by atoms with E-state index in [4.69, 9.17) is 11.6 Å². The average Bonchev–Trinajstić information content (AvgIpc) is 2.32. The monoisotopic (exact) mass is 290 g/mol. The molecule has 1 aliphatic rings. The molecule has 1 fully saturated rings. The summed E-state index contributed by atoms with van der Waals surface area (Å²) in [6.07, 6.45) is 5.09. The summed E-state index contributed by atoms with van der Waals surface area (Å²) in [6, 6.07) is 0.980. The van der Waals surface area contributed by atoms with Gasteiger partial charge in [0.2, 0.25) is 10.0 Å². The molecule has 5 nitrogen and oxygen atoms in total. The maximum Gasteiger partial charge on any atom is 0.243 e. The van der Waals surface area contributed by atoms with Gasteiger partial charge in [-0.1, -0.05) is 24.4 Å². The molecule has 1 aliphatic carbocycles. The van der Waals surface area contributed by atoms with Gasteiger partial charge in [-0.3, -0.25) is 4.98 Å². The van der Waals surface area contributed by atoms with E-state index in [1.165, 1.54) is 18.5 Å². The van der Waals surface area contributed by atoms with Crippen LogP contribution in [-0.2, 0) is 10.0 Å². The zero-order valence-corrected chi connectivity index (χ0v) is 11.3. The second-order valence-corrected chi connectivity index (χ2v) is 6.48. The number of pyridine rings is 1. The van der Waals surface area contributed by atoms with Crippen molar-refractivity contribution in [3.05, 3.63) is 23.5 Å². The normalized spacial score (nSPS) is 25.0. The zero-order valence-electron chi connectivity index (χ0n) is 9.71. The number of hydrogen-bond acceptors (Lipinski definition) is 4. The summed E-state index contributed by atoms with van der Waals surface area (Å²) in [4.78, 5) is 3.71. The van der Waals surface area contributed by atoms with Crippen molar-refractivity contribution in [3.63, 3.8) is 0 Å². The summed E-state index contributed by atoms with van der Waals surface area (Å²) >= 11 is 5.84. The Morgan fingerprint density at radius 3 is 2.78 bits per heavy atom. The molecule has 2 N–H and O–H groups in total. The van der Waals surface area contributed by atoms with E-state index in [9.17, 15) is 13.5 Å². The fourth-order valence-corrected chi connectivity index (χ4v) is 3.81. The van der Waals surface area contributed by atoms with Gasteiger partial charge in [0.25, 0.3) is 0 Å². The van der Waals surface area contributed by atoms with E-state index >= 15 is 0 Å². The van der Waals surface area contributed by atoms with E-state index in [2.05, 4.69) is 9.71 Å². The zero-order chi connectivity index (χ0) is 13.2. The van der Waals surface area contributed by atoms with E-state index in [-0.39, 0.29) is 9.92 Å². The van der Waals surface area contributed by atoms with Gasteiger partial charge in [0.1, 0.15) is 4.90 Å². The summed E-state index contributed by atoms with van der Waals surface area (Å²) in [6.45, 7) is 0. The summed E-state index contributed by atoms with van der Waals surface area (Å²) in [7, 11) is -3.73. The van der Waals surface area contributed by atoms with Crippen LogP contribution in [0.25, 0.3) is 0 Å². The van der Waals surface area contributed by atoms with Crippen LogP contribution in [0.1, 0.15) is 25.7 Å². The van der Waals surface area contributed by atoms with Gasteiger partial charge in [0.05, 0.1) is 11.1 Å². The van der Waals surface area contributed by atoms with Gasteiger partial charge >= 0.3 is 0 Å². The highest BCUT2D eigenvalue weighted by molar-refractivity contribution is 7.89. The van der Waals surface area contributed by atoms with Crippen molar-refractivity contribution in [1.82, 2.24) is 9.71 Å². The van der Waals surface area contributed by atoms with Gasteiger partial charge in [0, 0.05) is 18.4 Å². The second kappa shape index (κ2) is 5.52. The first-order valence-corrected chi connectivity index (χ1v) is 7.67. The lowest BCUT2D eigenvalue weighted by atomic mass is 9.93. The first kappa shape index (κ1) is 13.7. The predicted molar refractivity (Wildman–Crippen MR) is 67.8 cm³/mol. The molecule has 7 heteroatoms. The van der Waals surface area contributed by atoms with Gasteiger partial charge in [0.15, 0.2) is 0 Å². The van der Waals surface area contributed by atoms with E-state index in [1.54, 1.807) is 0 Å². The third-order valence-electron chi connectivity index (χ3n) is 3.06. The Hall–Kier alpha value is -0.690. The van der Waals surface area contributed by atoms with Crippen LogP contribution in [0.4, 0.5) is 0 Å². The van der Waals surface area contributed by atoms with Crippen LogP contribution in [0, 0.1) is 0 Å². The van der Waals surface area contributed by atoms with Crippen LogP contribution in [0.5, 0.6) is 0 Å². The van der Waals surface area contributed by atoms with E-state index in [1.807, 2.05) is 0 Å². The first-order chi connectivity index (χ1) is 8.50. The molecule has 0 saturated heterocycles. The number of aromatic nitrogens is 1. The quantitative estimate of drug-likeness (QED) is 0.880. The molecule has 100 valence electrons. The number of rotatable bonds is 3. The summed E-state index contributed by atoms with van der Waals surface area (Å²) in [5.74, 6) is 0. The minimum absolute atomic E-state index is 0.0514. The standard InChI is InChI=1S/C11H15ClN2O3S/c12-8-5-6-13-7-11(8)18(16,17)14-9-3-1-2-4-10(9)15/h5-7,9-10,14-15H,1-4H2. The summed E-state index contributed by atoms with van der Waals surface area (Å²) < 4.78 is 26.7. The Labute approximate surface area is 111 Å². The molecule has 0 amide bonds. The van der Waals surface area contributed by atoms with Crippen LogP contribution in [0.3, 0.4) is 0 Å². The largest absolute Gasteiger partial charge is 0.391 e. The number of aliphatic hydroxyl groups is 1. The van der Waals surface area contributed by atoms with Crippen LogP contribution in [0.15, 0.2) is 23.4 Å². The number of sulfonamides is 1. The molecule has 0 radical (unpaired) electrons. The van der Waals surface area contributed by atoms with Gasteiger partial charge in [-0.15, -0.1) is 0 Å². The number of halogens is 1. The lowest BCUT2D eigenvalue weighted by Crippen LogP contribution is -2.45. The Morgan fingerprint density at radius 1 is 1.39 bits per heavy atom. The van der Waals surface area contributed by atoms with E-state index in [0.717, 1.165) is 12.8 Å². The maximum absolute atomic E-state index is 12.1.